The van der Waals surface area contributed by atoms with E-state index in [1.165, 1.54) is 35.2 Å². The fourth-order valence-corrected chi connectivity index (χ4v) is 5.70. The second-order valence-corrected chi connectivity index (χ2v) is 11.2. The summed E-state index contributed by atoms with van der Waals surface area (Å²) in [5, 5.41) is 3.10. The molecule has 0 saturated heterocycles. The molecule has 3 aromatic carbocycles. The van der Waals surface area contributed by atoms with E-state index in [9.17, 15) is 18.0 Å². The lowest BCUT2D eigenvalue weighted by atomic mass is 10.1. The van der Waals surface area contributed by atoms with Gasteiger partial charge in [-0.05, 0) is 56.7 Å². The first-order valence-electron chi connectivity index (χ1n) is 11.7. The number of halogens is 2. The standard InChI is InChI=1S/C27H29Cl2N3O4S/c1-4-30-27(34)20(3)31(17-21-10-8-9-19(2)15-21)26(33)18-32(25-16-22(28)13-14-24(25)29)37(35,36)23-11-6-5-7-12-23/h5-16,20H,4,17-18H2,1-3H3,(H,30,34)/t20-/m1/s1. The number of anilines is 1. The molecule has 3 rings (SSSR count). The fourth-order valence-electron chi connectivity index (χ4n) is 3.82. The highest BCUT2D eigenvalue weighted by molar-refractivity contribution is 7.92. The molecule has 0 fully saturated rings. The van der Waals surface area contributed by atoms with Crippen molar-refractivity contribution >= 4 is 50.7 Å². The molecule has 1 N–H and O–H groups in total. The maximum absolute atomic E-state index is 13.8. The quantitative estimate of drug-likeness (QED) is 0.375. The Balaban J connectivity index is 2.06. The van der Waals surface area contributed by atoms with Gasteiger partial charge in [0.25, 0.3) is 10.0 Å². The van der Waals surface area contributed by atoms with Crippen molar-refractivity contribution in [3.63, 3.8) is 0 Å². The van der Waals surface area contributed by atoms with E-state index in [2.05, 4.69) is 5.32 Å². The van der Waals surface area contributed by atoms with Gasteiger partial charge < -0.3 is 10.2 Å². The first-order chi connectivity index (χ1) is 17.5. The van der Waals surface area contributed by atoms with E-state index in [0.29, 0.717) is 6.54 Å². The normalized spacial score (nSPS) is 12.0. The van der Waals surface area contributed by atoms with Crippen LogP contribution in [0.15, 0.2) is 77.7 Å². The molecule has 196 valence electrons. The maximum Gasteiger partial charge on any atom is 0.264 e. The number of carbonyl (C=O) groups excluding carboxylic acids is 2. The van der Waals surface area contributed by atoms with Gasteiger partial charge in [0, 0.05) is 18.1 Å². The Kier molecular flexibility index (Phi) is 9.59. The average molecular weight is 563 g/mol. The molecule has 0 aliphatic rings. The maximum atomic E-state index is 13.8. The summed E-state index contributed by atoms with van der Waals surface area (Å²) < 4.78 is 28.4. The van der Waals surface area contributed by atoms with E-state index in [4.69, 9.17) is 23.2 Å². The molecule has 0 radical (unpaired) electrons. The molecule has 37 heavy (non-hydrogen) atoms. The van der Waals surface area contributed by atoms with Gasteiger partial charge in [0.05, 0.1) is 15.6 Å². The minimum atomic E-state index is -4.22. The highest BCUT2D eigenvalue weighted by Gasteiger charge is 2.33. The SMILES string of the molecule is CCNC(=O)[C@@H](C)N(Cc1cccc(C)c1)C(=O)CN(c1cc(Cl)ccc1Cl)S(=O)(=O)c1ccccc1. The summed E-state index contributed by atoms with van der Waals surface area (Å²) in [5.74, 6) is -0.919. The smallest absolute Gasteiger partial charge is 0.264 e. The summed E-state index contributed by atoms with van der Waals surface area (Å²) in [6.07, 6.45) is 0. The highest BCUT2D eigenvalue weighted by atomic mass is 35.5. The number of benzene rings is 3. The summed E-state index contributed by atoms with van der Waals surface area (Å²) in [7, 11) is -4.22. The fraction of sp³-hybridized carbons (Fsp3) is 0.259. The number of hydrogen-bond donors (Lipinski definition) is 1. The molecule has 0 aromatic heterocycles. The van der Waals surface area contributed by atoms with E-state index in [-0.39, 0.29) is 33.1 Å². The number of hydrogen-bond acceptors (Lipinski definition) is 4. The Bertz CT molecular complexity index is 1370. The van der Waals surface area contributed by atoms with Crippen LogP contribution >= 0.6 is 23.2 Å². The summed E-state index contributed by atoms with van der Waals surface area (Å²) in [4.78, 5) is 27.9. The molecular weight excluding hydrogens is 533 g/mol. The molecule has 0 aliphatic carbocycles. The number of sulfonamides is 1. The van der Waals surface area contributed by atoms with Crippen LogP contribution in [0.25, 0.3) is 0 Å². The Labute approximate surface area is 228 Å². The van der Waals surface area contributed by atoms with Gasteiger partial charge in [-0.15, -0.1) is 0 Å². The van der Waals surface area contributed by atoms with E-state index < -0.39 is 28.5 Å². The predicted octanol–water partition coefficient (Wildman–Crippen LogP) is 5.05. The van der Waals surface area contributed by atoms with Crippen molar-refractivity contribution in [3.8, 4) is 0 Å². The second-order valence-electron chi connectivity index (χ2n) is 8.50. The topological polar surface area (TPSA) is 86.8 Å². The third kappa shape index (κ3) is 7.03. The Morgan fingerprint density at radius 1 is 0.973 bits per heavy atom. The molecule has 1 atom stereocenters. The van der Waals surface area contributed by atoms with Crippen molar-refractivity contribution in [2.75, 3.05) is 17.4 Å². The van der Waals surface area contributed by atoms with E-state index in [1.807, 2.05) is 31.2 Å². The van der Waals surface area contributed by atoms with Gasteiger partial charge in [-0.25, -0.2) is 8.42 Å². The Morgan fingerprint density at radius 3 is 2.32 bits per heavy atom. The zero-order chi connectivity index (χ0) is 27.2. The molecule has 10 heteroatoms. The summed E-state index contributed by atoms with van der Waals surface area (Å²) in [6, 6.07) is 18.9. The average Bonchev–Trinajstić information content (AvgIpc) is 2.87. The first kappa shape index (κ1) is 28.5. The largest absolute Gasteiger partial charge is 0.355 e. The molecule has 2 amide bonds. The van der Waals surface area contributed by atoms with Crippen LogP contribution in [0.3, 0.4) is 0 Å². The molecular formula is C27H29Cl2N3O4S. The third-order valence-corrected chi connectivity index (χ3v) is 8.07. The monoisotopic (exact) mass is 561 g/mol. The van der Waals surface area contributed by atoms with Gasteiger partial charge >= 0.3 is 0 Å². The lowest BCUT2D eigenvalue weighted by molar-refractivity contribution is -0.139. The van der Waals surface area contributed by atoms with Crippen molar-refractivity contribution in [1.82, 2.24) is 10.2 Å². The van der Waals surface area contributed by atoms with E-state index in [1.54, 1.807) is 32.0 Å². The van der Waals surface area contributed by atoms with Gasteiger partial charge in [-0.2, -0.15) is 0 Å². The van der Waals surface area contributed by atoms with Crippen LogP contribution in [0, 0.1) is 6.92 Å². The zero-order valence-electron chi connectivity index (χ0n) is 20.8. The van der Waals surface area contributed by atoms with Gasteiger partial charge in [0.2, 0.25) is 11.8 Å². The molecule has 0 heterocycles. The number of amides is 2. The summed E-state index contributed by atoms with van der Waals surface area (Å²) in [6.45, 7) is 5.24. The number of nitrogens with zero attached hydrogens (tertiary/aromatic N) is 2. The van der Waals surface area contributed by atoms with Crippen molar-refractivity contribution in [2.24, 2.45) is 0 Å². The Morgan fingerprint density at radius 2 is 1.68 bits per heavy atom. The molecule has 3 aromatic rings. The lowest BCUT2D eigenvalue weighted by Gasteiger charge is -2.32. The minimum Gasteiger partial charge on any atom is -0.355 e. The summed E-state index contributed by atoms with van der Waals surface area (Å²) in [5.41, 5.74) is 1.87. The van der Waals surface area contributed by atoms with Gasteiger partial charge in [0.1, 0.15) is 12.6 Å². The number of carbonyl (C=O) groups is 2. The first-order valence-corrected chi connectivity index (χ1v) is 13.9. The van der Waals surface area contributed by atoms with Crippen molar-refractivity contribution in [1.29, 1.82) is 0 Å². The van der Waals surface area contributed by atoms with Crippen LogP contribution in [0.4, 0.5) is 5.69 Å². The number of aryl methyl sites for hydroxylation is 1. The molecule has 0 spiro atoms. The molecule has 7 nitrogen and oxygen atoms in total. The molecule has 0 aliphatic heterocycles. The van der Waals surface area contributed by atoms with Crippen LogP contribution in [0.5, 0.6) is 0 Å². The number of nitrogens with one attached hydrogen (secondary N) is 1. The molecule has 0 saturated carbocycles. The highest BCUT2D eigenvalue weighted by Crippen LogP contribution is 2.33. The van der Waals surface area contributed by atoms with Crippen molar-refractivity contribution < 1.29 is 18.0 Å². The van der Waals surface area contributed by atoms with Crippen molar-refractivity contribution in [3.05, 3.63) is 94.0 Å². The summed E-state index contributed by atoms with van der Waals surface area (Å²) >= 11 is 12.6. The zero-order valence-corrected chi connectivity index (χ0v) is 23.1. The van der Waals surface area contributed by atoms with Crippen molar-refractivity contribution in [2.45, 2.75) is 38.3 Å². The van der Waals surface area contributed by atoms with Crippen LogP contribution in [-0.4, -0.2) is 44.3 Å². The van der Waals surface area contributed by atoms with Gasteiger partial charge in [-0.3, -0.25) is 13.9 Å². The van der Waals surface area contributed by atoms with Crippen LogP contribution in [-0.2, 0) is 26.2 Å². The van der Waals surface area contributed by atoms with E-state index in [0.717, 1.165) is 15.4 Å². The third-order valence-electron chi connectivity index (χ3n) is 5.74. The number of likely N-dealkylation sites (N-methyl/N-ethyl adjacent to an activating group) is 1. The molecule has 0 bridgehead atoms. The van der Waals surface area contributed by atoms with Crippen LogP contribution < -0.4 is 9.62 Å². The molecule has 0 unspecified atom stereocenters. The minimum absolute atomic E-state index is 0.0131. The number of rotatable bonds is 10. The second kappa shape index (κ2) is 12.4. The van der Waals surface area contributed by atoms with Crippen LogP contribution in [0.2, 0.25) is 10.0 Å². The van der Waals surface area contributed by atoms with Gasteiger partial charge in [0.15, 0.2) is 0 Å². The van der Waals surface area contributed by atoms with Crippen LogP contribution in [0.1, 0.15) is 25.0 Å². The van der Waals surface area contributed by atoms with E-state index >= 15 is 0 Å². The lowest BCUT2D eigenvalue weighted by Crippen LogP contribution is -2.51. The van der Waals surface area contributed by atoms with Gasteiger partial charge in [-0.1, -0.05) is 71.2 Å². The Hall–Kier alpha value is -3.07. The predicted molar refractivity (Wildman–Crippen MR) is 147 cm³/mol.